The van der Waals surface area contributed by atoms with Crippen LogP contribution in [-0.4, -0.2) is 18.6 Å². The highest BCUT2D eigenvalue weighted by molar-refractivity contribution is 8.00. The van der Waals surface area contributed by atoms with Crippen LogP contribution in [0.4, 0.5) is 28.0 Å². The first-order valence-corrected chi connectivity index (χ1v) is 5.11. The fraction of sp³-hybridized carbons (Fsp3) is 0.222. The first-order valence-electron chi connectivity index (χ1n) is 4.29. The lowest BCUT2D eigenvalue weighted by Gasteiger charge is -2.15. The Labute approximate surface area is 98.6 Å². The number of hydrogen-bond acceptors (Lipinski definition) is 2. The fourth-order valence-electron chi connectivity index (χ4n) is 1.08. The molecule has 8 heteroatoms. The van der Waals surface area contributed by atoms with Gasteiger partial charge < -0.3 is 5.73 Å². The molecule has 17 heavy (non-hydrogen) atoms. The normalized spacial score (nSPS) is 11.4. The monoisotopic (exact) mass is 268 g/mol. The summed E-state index contributed by atoms with van der Waals surface area (Å²) in [6.07, 6.45) is 0. The molecule has 0 bridgehead atoms. The summed E-state index contributed by atoms with van der Waals surface area (Å²) in [5.41, 5.74) is 0.252. The summed E-state index contributed by atoms with van der Waals surface area (Å²) in [5.74, 6) is -0.944. The van der Waals surface area contributed by atoms with Crippen LogP contribution < -0.4 is 10.6 Å². The first kappa shape index (κ1) is 13.6. The number of carbonyl (C=O) groups is 1. The Kier molecular flexibility index (Phi) is 3.87. The van der Waals surface area contributed by atoms with Gasteiger partial charge in [0.2, 0.25) is 0 Å². The average Bonchev–Trinajstić information content (AvgIpc) is 2.14. The van der Waals surface area contributed by atoms with E-state index in [0.717, 1.165) is 17.0 Å². The summed E-state index contributed by atoms with van der Waals surface area (Å²) in [7, 11) is 1.22. The molecule has 0 aliphatic heterocycles. The van der Waals surface area contributed by atoms with Crippen LogP contribution in [-0.2, 0) is 0 Å². The van der Waals surface area contributed by atoms with Gasteiger partial charge in [-0.05, 0) is 30.0 Å². The molecule has 0 aliphatic carbocycles. The summed E-state index contributed by atoms with van der Waals surface area (Å²) in [6, 6.07) is 1.93. The standard InChI is InChI=1S/C9H8F4N2OS/c1-15(8(14)16)7-3-2-5(4-6(7)10)17-9(11,12)13/h2-4H,1H3,(H2,14,16). The second kappa shape index (κ2) is 4.82. The molecule has 0 aliphatic rings. The first-order chi connectivity index (χ1) is 7.70. The number of rotatable bonds is 2. The highest BCUT2D eigenvalue weighted by atomic mass is 32.2. The largest absolute Gasteiger partial charge is 0.446 e. The molecular weight excluding hydrogens is 260 g/mol. The van der Waals surface area contributed by atoms with Gasteiger partial charge in [0.1, 0.15) is 5.82 Å². The zero-order valence-electron chi connectivity index (χ0n) is 8.58. The summed E-state index contributed by atoms with van der Waals surface area (Å²) >= 11 is -0.431. The van der Waals surface area contributed by atoms with Gasteiger partial charge in [-0.25, -0.2) is 9.18 Å². The van der Waals surface area contributed by atoms with E-state index in [-0.39, 0.29) is 10.6 Å². The topological polar surface area (TPSA) is 46.3 Å². The van der Waals surface area contributed by atoms with E-state index in [1.165, 1.54) is 7.05 Å². The maximum absolute atomic E-state index is 13.4. The highest BCUT2D eigenvalue weighted by Gasteiger charge is 2.29. The lowest BCUT2D eigenvalue weighted by molar-refractivity contribution is -0.0328. The van der Waals surface area contributed by atoms with Gasteiger partial charge in [-0.1, -0.05) is 0 Å². The van der Waals surface area contributed by atoms with Crippen LogP contribution in [0.15, 0.2) is 23.1 Å². The van der Waals surface area contributed by atoms with Crippen LogP contribution in [0.3, 0.4) is 0 Å². The fourth-order valence-corrected chi connectivity index (χ4v) is 1.64. The molecule has 2 amide bonds. The maximum Gasteiger partial charge on any atom is 0.446 e. The van der Waals surface area contributed by atoms with Crippen LogP contribution in [0, 0.1) is 5.82 Å². The van der Waals surface area contributed by atoms with Gasteiger partial charge in [-0.15, -0.1) is 0 Å². The molecule has 0 atom stereocenters. The Morgan fingerprint density at radius 2 is 2.00 bits per heavy atom. The van der Waals surface area contributed by atoms with Crippen molar-refractivity contribution in [3.63, 3.8) is 0 Å². The third-order valence-corrected chi connectivity index (χ3v) is 2.57. The van der Waals surface area contributed by atoms with E-state index in [4.69, 9.17) is 5.73 Å². The van der Waals surface area contributed by atoms with Crippen LogP contribution >= 0.6 is 11.8 Å². The number of halogens is 4. The number of hydrogen-bond donors (Lipinski definition) is 1. The minimum absolute atomic E-state index is 0.177. The van der Waals surface area contributed by atoms with Crippen molar-refractivity contribution in [2.24, 2.45) is 5.73 Å². The Bertz CT molecular complexity index is 435. The van der Waals surface area contributed by atoms with Crippen molar-refractivity contribution < 1.29 is 22.4 Å². The Balaban J connectivity index is 2.98. The van der Waals surface area contributed by atoms with Crippen LogP contribution in [0.2, 0.25) is 0 Å². The molecule has 0 saturated heterocycles. The number of carbonyl (C=O) groups excluding carboxylic acids is 1. The third-order valence-electron chi connectivity index (χ3n) is 1.84. The minimum atomic E-state index is -4.48. The van der Waals surface area contributed by atoms with Crippen molar-refractivity contribution in [3.8, 4) is 0 Å². The minimum Gasteiger partial charge on any atom is -0.351 e. The number of primary amides is 1. The quantitative estimate of drug-likeness (QED) is 0.662. The summed E-state index contributed by atoms with van der Waals surface area (Å²) < 4.78 is 49.5. The molecule has 0 saturated carbocycles. The molecule has 2 N–H and O–H groups in total. The molecule has 1 rings (SSSR count). The van der Waals surface area contributed by atoms with Crippen LogP contribution in [0.1, 0.15) is 0 Å². The molecule has 0 fully saturated rings. The van der Waals surface area contributed by atoms with Crippen molar-refractivity contribution in [1.82, 2.24) is 0 Å². The number of alkyl halides is 3. The van der Waals surface area contributed by atoms with Gasteiger partial charge >= 0.3 is 11.5 Å². The molecule has 0 radical (unpaired) electrons. The zero-order chi connectivity index (χ0) is 13.2. The zero-order valence-corrected chi connectivity index (χ0v) is 9.40. The number of benzene rings is 1. The van der Waals surface area contributed by atoms with Crippen molar-refractivity contribution >= 4 is 23.5 Å². The predicted molar refractivity (Wildman–Crippen MR) is 56.3 cm³/mol. The number of amides is 2. The summed E-state index contributed by atoms with van der Waals surface area (Å²) in [6.45, 7) is 0. The van der Waals surface area contributed by atoms with E-state index in [9.17, 15) is 22.4 Å². The van der Waals surface area contributed by atoms with Gasteiger partial charge in [-0.3, -0.25) is 4.90 Å². The summed E-state index contributed by atoms with van der Waals surface area (Å²) in [5, 5.41) is 0. The number of urea groups is 1. The SMILES string of the molecule is CN(C(N)=O)c1ccc(SC(F)(F)F)cc1F. The van der Waals surface area contributed by atoms with Gasteiger partial charge in [0.05, 0.1) is 5.69 Å². The molecule has 1 aromatic carbocycles. The van der Waals surface area contributed by atoms with Crippen molar-refractivity contribution in [2.45, 2.75) is 10.4 Å². The molecule has 1 aromatic rings. The molecular formula is C9H8F4N2OS. The Hall–Kier alpha value is -1.44. The van der Waals surface area contributed by atoms with Crippen molar-refractivity contribution in [3.05, 3.63) is 24.0 Å². The van der Waals surface area contributed by atoms with E-state index in [0.29, 0.717) is 6.07 Å². The van der Waals surface area contributed by atoms with Crippen molar-refractivity contribution in [1.29, 1.82) is 0 Å². The number of nitrogens with two attached hydrogens (primary N) is 1. The lowest BCUT2D eigenvalue weighted by Crippen LogP contribution is -2.32. The number of nitrogens with zero attached hydrogens (tertiary/aromatic N) is 1. The number of thioether (sulfide) groups is 1. The van der Waals surface area contributed by atoms with E-state index < -0.39 is 29.1 Å². The van der Waals surface area contributed by atoms with Crippen LogP contribution in [0.5, 0.6) is 0 Å². The molecule has 3 nitrogen and oxygen atoms in total. The Morgan fingerprint density at radius 3 is 2.41 bits per heavy atom. The number of anilines is 1. The molecule has 0 unspecified atom stereocenters. The second-order valence-electron chi connectivity index (χ2n) is 3.06. The van der Waals surface area contributed by atoms with Gasteiger partial charge in [0, 0.05) is 11.9 Å². The maximum atomic E-state index is 13.4. The van der Waals surface area contributed by atoms with E-state index in [1.54, 1.807) is 0 Å². The highest BCUT2D eigenvalue weighted by Crippen LogP contribution is 2.38. The second-order valence-corrected chi connectivity index (χ2v) is 4.20. The predicted octanol–water partition coefficient (Wildman–Crippen LogP) is 2.95. The van der Waals surface area contributed by atoms with Gasteiger partial charge in [-0.2, -0.15) is 13.2 Å². The van der Waals surface area contributed by atoms with Crippen LogP contribution in [0.25, 0.3) is 0 Å². The molecule has 0 spiro atoms. The molecule has 94 valence electrons. The molecule has 0 aromatic heterocycles. The Morgan fingerprint density at radius 1 is 1.41 bits per heavy atom. The van der Waals surface area contributed by atoms with E-state index in [1.807, 2.05) is 0 Å². The molecule has 0 heterocycles. The van der Waals surface area contributed by atoms with Crippen molar-refractivity contribution in [2.75, 3.05) is 11.9 Å². The van der Waals surface area contributed by atoms with Gasteiger partial charge in [0.25, 0.3) is 0 Å². The van der Waals surface area contributed by atoms with E-state index in [2.05, 4.69) is 0 Å². The van der Waals surface area contributed by atoms with E-state index >= 15 is 0 Å². The third kappa shape index (κ3) is 3.81. The smallest absolute Gasteiger partial charge is 0.351 e. The lowest BCUT2D eigenvalue weighted by atomic mass is 10.3. The van der Waals surface area contributed by atoms with Gasteiger partial charge in [0.15, 0.2) is 0 Å². The average molecular weight is 268 g/mol. The summed E-state index contributed by atoms with van der Waals surface area (Å²) in [4.78, 5) is 11.3.